The highest BCUT2D eigenvalue weighted by molar-refractivity contribution is 8.32. The molecule has 0 spiro atoms. The molecule has 0 heterocycles. The van der Waals surface area contributed by atoms with Gasteiger partial charge in [-0.15, -0.1) is 0 Å². The van der Waals surface area contributed by atoms with Crippen molar-refractivity contribution in [2.24, 2.45) is 0 Å². The summed E-state index contributed by atoms with van der Waals surface area (Å²) in [4.78, 5) is 25.6. The van der Waals surface area contributed by atoms with Gasteiger partial charge < -0.3 is 15.2 Å². The lowest BCUT2D eigenvalue weighted by molar-refractivity contribution is -0.139. The van der Waals surface area contributed by atoms with Crippen LogP contribution in [0.15, 0.2) is 77.7 Å². The van der Waals surface area contributed by atoms with Crippen LogP contribution in [0.3, 0.4) is 0 Å². The fourth-order valence-electron chi connectivity index (χ4n) is 4.25. The third-order valence-corrected chi connectivity index (χ3v) is 7.69. The number of fused-ring (bicyclic) bond motifs is 3. The molecular formula is C27H29NO4S. The maximum absolute atomic E-state index is 12.5. The van der Waals surface area contributed by atoms with Crippen molar-refractivity contribution in [2.75, 3.05) is 25.4 Å². The average molecular weight is 464 g/mol. The molecular weight excluding hydrogens is 434 g/mol. The van der Waals surface area contributed by atoms with E-state index in [2.05, 4.69) is 36.2 Å². The molecule has 33 heavy (non-hydrogen) atoms. The second-order valence-corrected chi connectivity index (χ2v) is 13.2. The van der Waals surface area contributed by atoms with Crippen molar-refractivity contribution in [3.8, 4) is 11.1 Å². The lowest BCUT2D eigenvalue weighted by Crippen LogP contribution is -2.42. The average Bonchev–Trinajstić information content (AvgIpc) is 3.11. The van der Waals surface area contributed by atoms with Crippen molar-refractivity contribution in [3.05, 3.63) is 89.5 Å². The molecule has 0 aliphatic heterocycles. The summed E-state index contributed by atoms with van der Waals surface area (Å²) < 4.78 is 5.51. The molecule has 6 heteroatoms. The van der Waals surface area contributed by atoms with E-state index in [4.69, 9.17) is 4.74 Å². The molecule has 5 nitrogen and oxygen atoms in total. The van der Waals surface area contributed by atoms with Crippen LogP contribution in [0, 0.1) is 0 Å². The summed E-state index contributed by atoms with van der Waals surface area (Å²) in [5, 5.41) is 12.2. The zero-order valence-electron chi connectivity index (χ0n) is 19.1. The second-order valence-electron chi connectivity index (χ2n) is 9.05. The van der Waals surface area contributed by atoms with E-state index in [1.54, 1.807) is 0 Å². The van der Waals surface area contributed by atoms with Gasteiger partial charge in [-0.3, -0.25) is 0 Å². The maximum Gasteiger partial charge on any atom is 0.407 e. The van der Waals surface area contributed by atoms with Crippen LogP contribution in [-0.4, -0.2) is 48.6 Å². The number of amides is 1. The first-order valence-corrected chi connectivity index (χ1v) is 13.7. The highest BCUT2D eigenvalue weighted by atomic mass is 32.3. The Labute approximate surface area is 196 Å². The number of aliphatic carboxylic acids is 1. The van der Waals surface area contributed by atoms with E-state index in [0.717, 1.165) is 27.8 Å². The quantitative estimate of drug-likeness (QED) is 0.500. The minimum Gasteiger partial charge on any atom is -0.480 e. The first-order chi connectivity index (χ1) is 15.7. The molecule has 1 aliphatic rings. The number of nitrogens with one attached hydrogen (secondary N) is 1. The molecule has 4 rings (SSSR count). The van der Waals surface area contributed by atoms with Crippen LogP contribution in [-0.2, 0) is 16.0 Å². The van der Waals surface area contributed by atoms with Crippen molar-refractivity contribution in [2.45, 2.75) is 23.3 Å². The Morgan fingerprint density at radius 1 is 0.909 bits per heavy atom. The first-order valence-electron chi connectivity index (χ1n) is 10.9. The fourth-order valence-corrected chi connectivity index (χ4v) is 5.20. The normalized spacial score (nSPS) is 14.2. The predicted molar refractivity (Wildman–Crippen MR) is 133 cm³/mol. The van der Waals surface area contributed by atoms with E-state index in [0.29, 0.717) is 0 Å². The molecule has 0 fully saturated rings. The van der Waals surface area contributed by atoms with Gasteiger partial charge in [0, 0.05) is 12.3 Å². The smallest absolute Gasteiger partial charge is 0.407 e. The number of hydrogen-bond acceptors (Lipinski definition) is 3. The van der Waals surface area contributed by atoms with Crippen LogP contribution in [0.1, 0.15) is 22.6 Å². The Balaban J connectivity index is 1.41. The molecule has 0 saturated heterocycles. The summed E-state index contributed by atoms with van der Waals surface area (Å²) in [5.74, 6) is -1.16. The number of carbonyl (C=O) groups excluding carboxylic acids is 1. The predicted octanol–water partition coefficient (Wildman–Crippen LogP) is 5.27. The minimum absolute atomic E-state index is 0.0705. The summed E-state index contributed by atoms with van der Waals surface area (Å²) in [6.45, 7) is 0.148. The van der Waals surface area contributed by atoms with Crippen molar-refractivity contribution in [3.63, 3.8) is 0 Å². The minimum atomic E-state index is -1.09. The molecule has 172 valence electrons. The molecule has 1 atom stereocenters. The van der Waals surface area contributed by atoms with Crippen LogP contribution in [0.4, 0.5) is 4.79 Å². The molecule has 0 radical (unpaired) electrons. The van der Waals surface area contributed by atoms with Gasteiger partial charge in [0.05, 0.1) is 0 Å². The Kier molecular flexibility index (Phi) is 6.47. The highest BCUT2D eigenvalue weighted by Gasteiger charge is 2.29. The van der Waals surface area contributed by atoms with Crippen molar-refractivity contribution < 1.29 is 19.4 Å². The topological polar surface area (TPSA) is 75.6 Å². The number of carboxylic acid groups (broad SMARTS) is 1. The summed E-state index contributed by atoms with van der Waals surface area (Å²) in [6.07, 6.45) is 6.10. The standard InChI is InChI=1S/C27H29NO4S/c1-33(2,3)19-14-12-18(13-15-19)16-25(26(29)30)28-27(31)32-17-24-22-10-6-4-8-20(22)21-9-5-7-11-23(21)24/h4-15,24-25H,16-17H2,1-3H3,(H,28,31)(H,29,30)/t25-/m0/s1. The lowest BCUT2D eigenvalue weighted by atomic mass is 9.98. The van der Waals surface area contributed by atoms with Crippen LogP contribution < -0.4 is 5.32 Å². The van der Waals surface area contributed by atoms with Gasteiger partial charge in [0.25, 0.3) is 0 Å². The number of benzene rings is 3. The van der Waals surface area contributed by atoms with Crippen LogP contribution in [0.2, 0.25) is 0 Å². The number of carboxylic acids is 1. The molecule has 1 amide bonds. The Bertz CT molecular complexity index is 1120. The van der Waals surface area contributed by atoms with Crippen LogP contribution in [0.5, 0.6) is 0 Å². The lowest BCUT2D eigenvalue weighted by Gasteiger charge is -2.26. The van der Waals surface area contributed by atoms with Crippen molar-refractivity contribution in [1.82, 2.24) is 5.32 Å². The van der Waals surface area contributed by atoms with Gasteiger partial charge in [0.1, 0.15) is 12.6 Å². The zero-order valence-corrected chi connectivity index (χ0v) is 19.9. The number of ether oxygens (including phenoxy) is 1. The molecule has 2 N–H and O–H groups in total. The van der Waals surface area contributed by atoms with Gasteiger partial charge in [-0.1, -0.05) is 60.7 Å². The van der Waals surface area contributed by atoms with E-state index in [1.165, 1.54) is 4.90 Å². The number of alkyl carbamates (subject to hydrolysis) is 1. The highest BCUT2D eigenvalue weighted by Crippen LogP contribution is 2.45. The number of carbonyl (C=O) groups is 2. The Morgan fingerprint density at radius 3 is 1.97 bits per heavy atom. The van der Waals surface area contributed by atoms with E-state index in [1.807, 2.05) is 60.7 Å². The van der Waals surface area contributed by atoms with Gasteiger partial charge >= 0.3 is 12.1 Å². The summed E-state index contributed by atoms with van der Waals surface area (Å²) in [7, 11) is -0.847. The monoisotopic (exact) mass is 463 g/mol. The first kappa shape index (κ1) is 22.9. The summed E-state index contributed by atoms with van der Waals surface area (Å²) in [6, 6.07) is 23.1. The van der Waals surface area contributed by atoms with Crippen molar-refractivity contribution in [1.29, 1.82) is 0 Å². The van der Waals surface area contributed by atoms with E-state index in [-0.39, 0.29) is 18.9 Å². The Hall–Kier alpha value is -3.25. The largest absolute Gasteiger partial charge is 0.480 e. The van der Waals surface area contributed by atoms with Gasteiger partial charge in [-0.05, 0) is 63.6 Å². The SMILES string of the molecule is CS(C)(C)c1ccc(C[C@H](NC(=O)OCC2c3ccccc3-c3ccccc32)C(=O)O)cc1. The molecule has 0 bridgehead atoms. The molecule has 0 aromatic heterocycles. The van der Waals surface area contributed by atoms with E-state index >= 15 is 0 Å². The molecule has 0 saturated carbocycles. The van der Waals surface area contributed by atoms with Crippen LogP contribution >= 0.6 is 10.0 Å². The van der Waals surface area contributed by atoms with E-state index in [9.17, 15) is 14.7 Å². The number of rotatable bonds is 7. The van der Waals surface area contributed by atoms with Gasteiger partial charge in [-0.2, -0.15) is 0 Å². The van der Waals surface area contributed by atoms with E-state index < -0.39 is 28.1 Å². The Morgan fingerprint density at radius 2 is 1.45 bits per heavy atom. The zero-order chi connectivity index (χ0) is 23.6. The fraction of sp³-hybridized carbons (Fsp3) is 0.259. The second kappa shape index (κ2) is 9.32. The third kappa shape index (κ3) is 5.06. The summed E-state index contributed by atoms with van der Waals surface area (Å²) in [5.41, 5.74) is 5.37. The third-order valence-electron chi connectivity index (χ3n) is 6.00. The molecule has 3 aromatic rings. The van der Waals surface area contributed by atoms with Gasteiger partial charge in [0.15, 0.2) is 0 Å². The maximum atomic E-state index is 12.5. The molecule has 0 unspecified atom stereocenters. The summed E-state index contributed by atoms with van der Waals surface area (Å²) >= 11 is 0. The molecule has 1 aliphatic carbocycles. The van der Waals surface area contributed by atoms with Crippen LogP contribution in [0.25, 0.3) is 11.1 Å². The van der Waals surface area contributed by atoms with Gasteiger partial charge in [-0.25, -0.2) is 19.6 Å². The molecule has 3 aromatic carbocycles. The van der Waals surface area contributed by atoms with Crippen molar-refractivity contribution >= 4 is 22.1 Å². The number of hydrogen-bond donors (Lipinski definition) is 2. The van der Waals surface area contributed by atoms with Gasteiger partial charge in [0.2, 0.25) is 0 Å².